The summed E-state index contributed by atoms with van der Waals surface area (Å²) in [5.41, 5.74) is 1.95. The molecule has 12 heavy (non-hydrogen) atoms. The molecule has 0 amide bonds. The van der Waals surface area contributed by atoms with Crippen LogP contribution in [0.25, 0.3) is 6.08 Å². The summed E-state index contributed by atoms with van der Waals surface area (Å²) in [6, 6.07) is 0. The average Bonchev–Trinajstić information content (AvgIpc) is 2.04. The number of aromatic nitrogens is 2. The number of ether oxygens (including phenoxy) is 1. The fraction of sp³-hybridized carbons (Fsp3) is 0.333. The molecule has 3 heteroatoms. The maximum absolute atomic E-state index is 5.03. The molecule has 0 atom stereocenters. The molecule has 0 N–H and O–H groups in total. The first kappa shape index (κ1) is 8.71. The van der Waals surface area contributed by atoms with Crippen molar-refractivity contribution in [2.75, 3.05) is 7.11 Å². The molecule has 0 spiro atoms. The van der Waals surface area contributed by atoms with Crippen LogP contribution in [0.15, 0.2) is 18.0 Å². The molecule has 64 valence electrons. The topological polar surface area (TPSA) is 35.0 Å². The highest BCUT2D eigenvalue weighted by atomic mass is 16.5. The maximum atomic E-state index is 5.03. The van der Waals surface area contributed by atoms with Gasteiger partial charge in [0.25, 0.3) is 0 Å². The molecule has 0 saturated heterocycles. The van der Waals surface area contributed by atoms with Gasteiger partial charge in [-0.3, -0.25) is 0 Å². The van der Waals surface area contributed by atoms with Gasteiger partial charge in [0.2, 0.25) is 5.88 Å². The molecule has 0 fully saturated rings. The highest BCUT2D eigenvalue weighted by Crippen LogP contribution is 2.13. The Balaban J connectivity index is 3.05. The van der Waals surface area contributed by atoms with Gasteiger partial charge in [-0.2, -0.15) is 0 Å². The van der Waals surface area contributed by atoms with Gasteiger partial charge < -0.3 is 4.74 Å². The molecule has 3 nitrogen and oxygen atoms in total. The van der Waals surface area contributed by atoms with Crippen molar-refractivity contribution >= 4 is 6.08 Å². The van der Waals surface area contributed by atoms with E-state index in [-0.39, 0.29) is 0 Å². The van der Waals surface area contributed by atoms with E-state index in [0.29, 0.717) is 5.88 Å². The maximum Gasteiger partial charge on any atom is 0.239 e. The molecule has 0 aromatic carbocycles. The lowest BCUT2D eigenvalue weighted by Gasteiger charge is -2.00. The normalized spacial score (nSPS) is 9.25. The lowest BCUT2D eigenvalue weighted by Crippen LogP contribution is -1.92. The van der Waals surface area contributed by atoms with E-state index in [2.05, 4.69) is 9.97 Å². The zero-order chi connectivity index (χ0) is 8.97. The van der Waals surface area contributed by atoms with E-state index in [4.69, 9.17) is 4.74 Å². The van der Waals surface area contributed by atoms with Crippen molar-refractivity contribution < 1.29 is 4.74 Å². The molecule has 1 heterocycles. The van der Waals surface area contributed by atoms with Gasteiger partial charge in [0.15, 0.2) is 0 Å². The van der Waals surface area contributed by atoms with Crippen LogP contribution in [0.5, 0.6) is 5.88 Å². The van der Waals surface area contributed by atoms with E-state index in [1.807, 2.05) is 19.9 Å². The predicted octanol–water partition coefficient (Wildman–Crippen LogP) is 1.91. The second-order valence-electron chi connectivity index (χ2n) is 2.67. The van der Waals surface area contributed by atoms with E-state index in [1.54, 1.807) is 19.5 Å². The molecular formula is C9H12N2O. The van der Waals surface area contributed by atoms with Crippen molar-refractivity contribution in [1.82, 2.24) is 9.97 Å². The van der Waals surface area contributed by atoms with Crippen LogP contribution in [0.4, 0.5) is 0 Å². The second kappa shape index (κ2) is 3.85. The molecule has 0 bridgehead atoms. The summed E-state index contributed by atoms with van der Waals surface area (Å²) in [4.78, 5) is 8.15. The third kappa shape index (κ3) is 2.05. The summed E-state index contributed by atoms with van der Waals surface area (Å²) in [6.07, 6.45) is 5.20. The summed E-state index contributed by atoms with van der Waals surface area (Å²) in [7, 11) is 1.59. The van der Waals surface area contributed by atoms with E-state index >= 15 is 0 Å². The Kier molecular flexibility index (Phi) is 2.80. The quantitative estimate of drug-likeness (QED) is 0.669. The van der Waals surface area contributed by atoms with Gasteiger partial charge in [-0.1, -0.05) is 5.57 Å². The van der Waals surface area contributed by atoms with Crippen LogP contribution in [0.1, 0.15) is 19.5 Å². The molecule has 0 saturated carbocycles. The minimum absolute atomic E-state index is 0.568. The fourth-order valence-electron chi connectivity index (χ4n) is 0.866. The number of hydrogen-bond acceptors (Lipinski definition) is 3. The number of allylic oxidation sites excluding steroid dienone is 1. The Morgan fingerprint density at radius 2 is 2.00 bits per heavy atom. The van der Waals surface area contributed by atoms with Crippen molar-refractivity contribution in [2.24, 2.45) is 0 Å². The van der Waals surface area contributed by atoms with Crippen molar-refractivity contribution in [3.05, 3.63) is 23.7 Å². The molecule has 0 aliphatic carbocycles. The van der Waals surface area contributed by atoms with E-state index in [1.165, 1.54) is 5.57 Å². The molecule has 1 aromatic rings. The van der Waals surface area contributed by atoms with Crippen LogP contribution < -0.4 is 4.74 Å². The minimum Gasteiger partial charge on any atom is -0.479 e. The second-order valence-corrected chi connectivity index (χ2v) is 2.67. The Morgan fingerprint density at radius 3 is 2.58 bits per heavy atom. The number of hydrogen-bond donors (Lipinski definition) is 0. The summed E-state index contributed by atoms with van der Waals surface area (Å²) in [5, 5.41) is 0. The van der Waals surface area contributed by atoms with Crippen LogP contribution in [0.2, 0.25) is 0 Å². The van der Waals surface area contributed by atoms with E-state index in [9.17, 15) is 0 Å². The summed E-state index contributed by atoms with van der Waals surface area (Å²) in [5.74, 6) is 0.568. The SMILES string of the molecule is COc1nccnc1C=C(C)C. The first-order chi connectivity index (χ1) is 5.74. The van der Waals surface area contributed by atoms with Crippen LogP contribution in [-0.2, 0) is 0 Å². The molecular weight excluding hydrogens is 152 g/mol. The average molecular weight is 164 g/mol. The number of methoxy groups -OCH3 is 1. The van der Waals surface area contributed by atoms with Crippen molar-refractivity contribution in [3.8, 4) is 5.88 Å². The standard InChI is InChI=1S/C9H12N2O/c1-7(2)6-8-9(12-3)11-5-4-10-8/h4-6H,1-3H3. The van der Waals surface area contributed by atoms with Gasteiger partial charge >= 0.3 is 0 Å². The molecule has 1 aromatic heterocycles. The third-order valence-electron chi connectivity index (χ3n) is 1.31. The zero-order valence-electron chi connectivity index (χ0n) is 7.53. The summed E-state index contributed by atoms with van der Waals surface area (Å²) < 4.78 is 5.03. The first-order valence-electron chi connectivity index (χ1n) is 3.74. The van der Waals surface area contributed by atoms with Gasteiger partial charge in [-0.25, -0.2) is 9.97 Å². The van der Waals surface area contributed by atoms with Crippen LogP contribution in [-0.4, -0.2) is 17.1 Å². The fourth-order valence-corrected chi connectivity index (χ4v) is 0.866. The van der Waals surface area contributed by atoms with E-state index < -0.39 is 0 Å². The predicted molar refractivity (Wildman–Crippen MR) is 47.9 cm³/mol. The van der Waals surface area contributed by atoms with Crippen molar-refractivity contribution in [1.29, 1.82) is 0 Å². The molecule has 0 aliphatic rings. The number of nitrogens with zero attached hydrogens (tertiary/aromatic N) is 2. The molecule has 0 radical (unpaired) electrons. The Bertz CT molecular complexity index is 290. The van der Waals surface area contributed by atoms with E-state index in [0.717, 1.165) is 5.69 Å². The lowest BCUT2D eigenvalue weighted by atomic mass is 10.3. The number of rotatable bonds is 2. The molecule has 0 aliphatic heterocycles. The zero-order valence-corrected chi connectivity index (χ0v) is 7.53. The van der Waals surface area contributed by atoms with Gasteiger partial charge in [0, 0.05) is 12.4 Å². The van der Waals surface area contributed by atoms with Crippen LogP contribution in [0, 0.1) is 0 Å². The lowest BCUT2D eigenvalue weighted by molar-refractivity contribution is 0.394. The largest absolute Gasteiger partial charge is 0.479 e. The van der Waals surface area contributed by atoms with Crippen LogP contribution in [0.3, 0.4) is 0 Å². The Hall–Kier alpha value is -1.38. The van der Waals surface area contributed by atoms with Gasteiger partial charge in [0.05, 0.1) is 7.11 Å². The monoisotopic (exact) mass is 164 g/mol. The summed E-state index contributed by atoms with van der Waals surface area (Å²) >= 11 is 0. The van der Waals surface area contributed by atoms with Gasteiger partial charge in [-0.15, -0.1) is 0 Å². The first-order valence-corrected chi connectivity index (χ1v) is 3.74. The molecule has 1 rings (SSSR count). The highest BCUT2D eigenvalue weighted by Gasteiger charge is 1.99. The smallest absolute Gasteiger partial charge is 0.239 e. The van der Waals surface area contributed by atoms with Gasteiger partial charge in [0.1, 0.15) is 5.69 Å². The van der Waals surface area contributed by atoms with Crippen LogP contribution >= 0.6 is 0 Å². The Labute approximate surface area is 72.1 Å². The van der Waals surface area contributed by atoms with Crippen molar-refractivity contribution in [3.63, 3.8) is 0 Å². The summed E-state index contributed by atoms with van der Waals surface area (Å²) in [6.45, 7) is 4.02. The van der Waals surface area contributed by atoms with Crippen molar-refractivity contribution in [2.45, 2.75) is 13.8 Å². The highest BCUT2D eigenvalue weighted by molar-refractivity contribution is 5.52. The van der Waals surface area contributed by atoms with Gasteiger partial charge in [-0.05, 0) is 19.9 Å². The third-order valence-corrected chi connectivity index (χ3v) is 1.31. The minimum atomic E-state index is 0.568. The molecule has 0 unspecified atom stereocenters. The Morgan fingerprint density at radius 1 is 1.33 bits per heavy atom.